The fourth-order valence-corrected chi connectivity index (χ4v) is 3.59. The van der Waals surface area contributed by atoms with Crippen molar-refractivity contribution in [3.8, 4) is 5.69 Å². The van der Waals surface area contributed by atoms with Crippen LogP contribution in [-0.2, 0) is 21.1 Å². The molecule has 0 unspecified atom stereocenters. The van der Waals surface area contributed by atoms with Gasteiger partial charge in [0.1, 0.15) is 5.82 Å². The first-order valence-electron chi connectivity index (χ1n) is 8.30. The summed E-state index contributed by atoms with van der Waals surface area (Å²) >= 11 is 1.75. The second kappa shape index (κ2) is 7.31. The molecular formula is C18H22N4O2S. The Labute approximate surface area is 151 Å². The Morgan fingerprint density at radius 2 is 1.92 bits per heavy atom. The maximum Gasteiger partial charge on any atom is 0.314 e. The van der Waals surface area contributed by atoms with Crippen molar-refractivity contribution in [2.45, 2.75) is 32.3 Å². The number of carbonyl (C=O) groups excluding carboxylic acids is 2. The zero-order chi connectivity index (χ0) is 18.0. The number of carbonyl (C=O) groups is 2. The van der Waals surface area contributed by atoms with Crippen LogP contribution in [-0.4, -0.2) is 28.1 Å². The molecule has 0 radical (unpaired) electrons. The van der Waals surface area contributed by atoms with Crippen molar-refractivity contribution in [3.63, 3.8) is 0 Å². The molecule has 1 aromatic heterocycles. The molecule has 2 aromatic rings. The van der Waals surface area contributed by atoms with Crippen LogP contribution >= 0.6 is 11.8 Å². The molecule has 0 bridgehead atoms. The third-order valence-electron chi connectivity index (χ3n) is 3.94. The highest BCUT2D eigenvalue weighted by Gasteiger charge is 2.26. The van der Waals surface area contributed by atoms with Gasteiger partial charge in [0, 0.05) is 23.6 Å². The van der Waals surface area contributed by atoms with Gasteiger partial charge in [-0.2, -0.15) is 16.9 Å². The highest BCUT2D eigenvalue weighted by molar-refractivity contribution is 7.98. The number of aromatic nitrogens is 2. The van der Waals surface area contributed by atoms with E-state index in [0.717, 1.165) is 34.0 Å². The van der Waals surface area contributed by atoms with E-state index in [9.17, 15) is 9.59 Å². The zero-order valence-corrected chi connectivity index (χ0v) is 15.4. The van der Waals surface area contributed by atoms with Gasteiger partial charge in [-0.1, -0.05) is 31.5 Å². The quantitative estimate of drug-likeness (QED) is 0.824. The lowest BCUT2D eigenvalue weighted by Crippen LogP contribution is -2.37. The Kier molecular flexibility index (Phi) is 5.13. The number of hydrogen-bond acceptors (Lipinski definition) is 4. The summed E-state index contributed by atoms with van der Waals surface area (Å²) < 4.78 is 1.72. The Balaban J connectivity index is 1.86. The molecule has 0 saturated heterocycles. The predicted molar refractivity (Wildman–Crippen MR) is 99.8 cm³/mol. The minimum atomic E-state index is -0.659. The Bertz CT molecular complexity index is 796. The summed E-state index contributed by atoms with van der Waals surface area (Å²) in [6.07, 6.45) is 0. The van der Waals surface area contributed by atoms with E-state index in [1.807, 2.05) is 45.0 Å². The number of nitrogens with one attached hydrogen (secondary N) is 2. The monoisotopic (exact) mass is 358 g/mol. The Hall–Kier alpha value is -2.28. The fourth-order valence-electron chi connectivity index (χ4n) is 2.56. The third kappa shape index (κ3) is 3.87. The van der Waals surface area contributed by atoms with Gasteiger partial charge >= 0.3 is 11.8 Å². The van der Waals surface area contributed by atoms with Gasteiger partial charge in [-0.15, -0.1) is 0 Å². The number of amides is 2. The molecule has 0 aliphatic carbocycles. The number of rotatable bonds is 4. The van der Waals surface area contributed by atoms with Crippen molar-refractivity contribution in [2.75, 3.05) is 11.9 Å². The van der Waals surface area contributed by atoms with E-state index in [1.165, 1.54) is 0 Å². The van der Waals surface area contributed by atoms with Crippen molar-refractivity contribution in [1.82, 2.24) is 15.1 Å². The van der Waals surface area contributed by atoms with Crippen LogP contribution in [0.3, 0.4) is 0 Å². The Morgan fingerprint density at radius 3 is 2.60 bits per heavy atom. The van der Waals surface area contributed by atoms with Crippen LogP contribution in [0.5, 0.6) is 0 Å². The van der Waals surface area contributed by atoms with Gasteiger partial charge in [-0.3, -0.25) is 9.59 Å². The molecule has 1 aliphatic heterocycles. The lowest BCUT2D eigenvalue weighted by molar-refractivity contribution is -0.136. The summed E-state index contributed by atoms with van der Waals surface area (Å²) in [5.41, 5.74) is 3.97. The highest BCUT2D eigenvalue weighted by atomic mass is 32.2. The van der Waals surface area contributed by atoms with E-state index in [4.69, 9.17) is 0 Å². The van der Waals surface area contributed by atoms with Crippen LogP contribution in [0.25, 0.3) is 5.69 Å². The topological polar surface area (TPSA) is 76.0 Å². The normalized spacial score (nSPS) is 13.0. The largest absolute Gasteiger partial charge is 0.348 e. The molecule has 132 valence electrons. The minimum absolute atomic E-state index is 0.287. The predicted octanol–water partition coefficient (Wildman–Crippen LogP) is 2.64. The second-order valence-electron chi connectivity index (χ2n) is 6.57. The summed E-state index contributed by atoms with van der Waals surface area (Å²) in [4.78, 5) is 24.3. The number of nitrogens with zero attached hydrogens (tertiary/aromatic N) is 2. The SMILES string of the molecule is Cc1ccc(-n2nc3c(c2NC(=O)C(=O)NCC(C)C)CSC3)cc1. The second-order valence-corrected chi connectivity index (χ2v) is 7.56. The van der Waals surface area contributed by atoms with E-state index in [0.29, 0.717) is 12.4 Å². The molecule has 7 heteroatoms. The first-order chi connectivity index (χ1) is 12.0. The van der Waals surface area contributed by atoms with E-state index >= 15 is 0 Å². The summed E-state index contributed by atoms with van der Waals surface area (Å²) in [5.74, 6) is 1.20. The van der Waals surface area contributed by atoms with Crippen molar-refractivity contribution >= 4 is 29.4 Å². The molecule has 0 atom stereocenters. The molecule has 3 rings (SSSR count). The number of fused-ring (bicyclic) bond motifs is 1. The molecule has 0 fully saturated rings. The van der Waals surface area contributed by atoms with Crippen LogP contribution in [0.4, 0.5) is 5.82 Å². The maximum absolute atomic E-state index is 12.3. The van der Waals surface area contributed by atoms with Crippen LogP contribution in [0.2, 0.25) is 0 Å². The van der Waals surface area contributed by atoms with E-state index < -0.39 is 11.8 Å². The highest BCUT2D eigenvalue weighted by Crippen LogP contribution is 2.36. The van der Waals surface area contributed by atoms with E-state index in [1.54, 1.807) is 16.4 Å². The minimum Gasteiger partial charge on any atom is -0.348 e. The molecular weight excluding hydrogens is 336 g/mol. The number of thioether (sulfide) groups is 1. The molecule has 0 spiro atoms. The fraction of sp³-hybridized carbons (Fsp3) is 0.389. The molecule has 1 aromatic carbocycles. The molecule has 25 heavy (non-hydrogen) atoms. The van der Waals surface area contributed by atoms with Gasteiger partial charge in [0.2, 0.25) is 0 Å². The van der Waals surface area contributed by atoms with E-state index in [-0.39, 0.29) is 5.92 Å². The van der Waals surface area contributed by atoms with Gasteiger partial charge in [-0.05, 0) is 25.0 Å². The standard InChI is InChI=1S/C18H22N4O2S/c1-11(2)8-19-17(23)18(24)20-16-14-9-25-10-15(14)21-22(16)13-6-4-12(3)5-7-13/h4-7,11H,8-10H2,1-3H3,(H,19,23)(H,20,24). The molecule has 2 amide bonds. The first kappa shape index (κ1) is 17.5. The molecule has 2 heterocycles. The van der Waals surface area contributed by atoms with Crippen LogP contribution in [0.15, 0.2) is 24.3 Å². The zero-order valence-electron chi connectivity index (χ0n) is 14.6. The average Bonchev–Trinajstić information content (AvgIpc) is 3.16. The molecule has 6 nitrogen and oxygen atoms in total. The smallest absolute Gasteiger partial charge is 0.314 e. The van der Waals surface area contributed by atoms with Gasteiger partial charge in [-0.25, -0.2) is 4.68 Å². The average molecular weight is 358 g/mol. The molecule has 0 saturated carbocycles. The van der Waals surface area contributed by atoms with Gasteiger partial charge in [0.15, 0.2) is 0 Å². The summed E-state index contributed by atoms with van der Waals surface area (Å²) in [6.45, 7) is 6.45. The summed E-state index contributed by atoms with van der Waals surface area (Å²) in [5, 5.41) is 10.0. The third-order valence-corrected chi connectivity index (χ3v) is 4.91. The van der Waals surface area contributed by atoms with Crippen LogP contribution < -0.4 is 10.6 Å². The number of benzene rings is 1. The number of aryl methyl sites for hydroxylation is 1. The molecule has 2 N–H and O–H groups in total. The Morgan fingerprint density at radius 1 is 1.20 bits per heavy atom. The van der Waals surface area contributed by atoms with Crippen molar-refractivity contribution in [2.24, 2.45) is 5.92 Å². The molecule has 1 aliphatic rings. The lowest BCUT2D eigenvalue weighted by Gasteiger charge is -2.12. The summed E-state index contributed by atoms with van der Waals surface area (Å²) in [7, 11) is 0. The maximum atomic E-state index is 12.3. The number of anilines is 1. The summed E-state index contributed by atoms with van der Waals surface area (Å²) in [6, 6.07) is 7.91. The van der Waals surface area contributed by atoms with Crippen molar-refractivity contribution in [1.29, 1.82) is 0 Å². The lowest BCUT2D eigenvalue weighted by atomic mass is 10.2. The van der Waals surface area contributed by atoms with Gasteiger partial charge in [0.25, 0.3) is 0 Å². The van der Waals surface area contributed by atoms with Gasteiger partial charge < -0.3 is 10.6 Å². The van der Waals surface area contributed by atoms with Crippen molar-refractivity contribution < 1.29 is 9.59 Å². The van der Waals surface area contributed by atoms with Crippen molar-refractivity contribution in [3.05, 3.63) is 41.1 Å². The van der Waals surface area contributed by atoms with Gasteiger partial charge in [0.05, 0.1) is 11.4 Å². The van der Waals surface area contributed by atoms with Crippen LogP contribution in [0, 0.1) is 12.8 Å². The first-order valence-corrected chi connectivity index (χ1v) is 9.46. The number of hydrogen-bond donors (Lipinski definition) is 2. The van der Waals surface area contributed by atoms with Crippen LogP contribution in [0.1, 0.15) is 30.7 Å². The van der Waals surface area contributed by atoms with E-state index in [2.05, 4.69) is 15.7 Å².